The fourth-order valence-electron chi connectivity index (χ4n) is 1.83. The van der Waals surface area contributed by atoms with Gasteiger partial charge in [0.15, 0.2) is 0 Å². The van der Waals surface area contributed by atoms with E-state index in [0.29, 0.717) is 0 Å². The molecule has 2 nitrogen and oxygen atoms in total. The first-order chi connectivity index (χ1) is 9.74. The van der Waals surface area contributed by atoms with Gasteiger partial charge in [-0.1, -0.05) is 54.3 Å². The average Bonchev–Trinajstić information content (AvgIpc) is 2.45. The van der Waals surface area contributed by atoms with Gasteiger partial charge in [0.25, 0.3) is 0 Å². The highest BCUT2D eigenvalue weighted by Gasteiger charge is 1.96. The molecule has 0 unspecified atom stereocenters. The number of benzene rings is 2. The molecule has 0 radical (unpaired) electrons. The van der Waals surface area contributed by atoms with E-state index in [1.54, 1.807) is 0 Å². The maximum Gasteiger partial charge on any atom is 0.328 e. The van der Waals surface area contributed by atoms with E-state index in [2.05, 4.69) is 30.0 Å². The Kier molecular flexibility index (Phi) is 4.75. The lowest BCUT2D eigenvalue weighted by Crippen LogP contribution is -1.88. The summed E-state index contributed by atoms with van der Waals surface area (Å²) < 4.78 is 0. The lowest BCUT2D eigenvalue weighted by atomic mass is 10.0. The van der Waals surface area contributed by atoms with Gasteiger partial charge in [-0.15, -0.1) is 0 Å². The summed E-state index contributed by atoms with van der Waals surface area (Å²) in [7, 11) is 0. The molecule has 1 N–H and O–H groups in total. The zero-order valence-corrected chi connectivity index (χ0v) is 10.9. The van der Waals surface area contributed by atoms with E-state index in [1.807, 2.05) is 36.4 Å². The number of allylic oxidation sites excluding steroid dienone is 1. The zero-order valence-electron chi connectivity index (χ0n) is 10.9. The number of carbonyl (C=O) groups is 1. The minimum absolute atomic E-state index is 0.862. The second-order valence-corrected chi connectivity index (χ2v) is 4.30. The van der Waals surface area contributed by atoms with Crippen LogP contribution in [0.15, 0.2) is 66.7 Å². The van der Waals surface area contributed by atoms with Gasteiger partial charge in [-0.25, -0.2) is 4.79 Å². The summed E-state index contributed by atoms with van der Waals surface area (Å²) in [6.07, 6.45) is 3.23. The molecule has 2 aromatic carbocycles. The smallest absolute Gasteiger partial charge is 0.328 e. The first kappa shape index (κ1) is 13.6. The Morgan fingerprint density at radius 1 is 1.05 bits per heavy atom. The highest BCUT2D eigenvalue weighted by molar-refractivity contribution is 5.80. The van der Waals surface area contributed by atoms with Crippen LogP contribution in [0.3, 0.4) is 0 Å². The summed E-state index contributed by atoms with van der Waals surface area (Å²) in [5, 5.41) is 8.46. The number of rotatable bonds is 3. The van der Waals surface area contributed by atoms with Crippen LogP contribution in [0.25, 0.3) is 0 Å². The Morgan fingerprint density at radius 3 is 2.55 bits per heavy atom. The summed E-state index contributed by atoms with van der Waals surface area (Å²) in [5.74, 6) is 4.65. The fourth-order valence-corrected chi connectivity index (χ4v) is 1.83. The maximum atomic E-state index is 10.3. The van der Waals surface area contributed by atoms with Crippen molar-refractivity contribution in [3.63, 3.8) is 0 Å². The van der Waals surface area contributed by atoms with E-state index >= 15 is 0 Å². The lowest BCUT2D eigenvalue weighted by Gasteiger charge is -2.02. The summed E-state index contributed by atoms with van der Waals surface area (Å²) in [6, 6.07) is 18.2. The molecule has 0 aliphatic heterocycles. The van der Waals surface area contributed by atoms with Crippen LogP contribution in [0.2, 0.25) is 0 Å². The third-order valence-electron chi connectivity index (χ3n) is 2.70. The van der Waals surface area contributed by atoms with Crippen molar-refractivity contribution >= 4 is 5.97 Å². The zero-order chi connectivity index (χ0) is 14.2. The molecule has 0 aliphatic rings. The first-order valence-corrected chi connectivity index (χ1v) is 6.28. The van der Waals surface area contributed by atoms with Crippen LogP contribution >= 0.6 is 0 Å². The van der Waals surface area contributed by atoms with Crippen molar-refractivity contribution in [3.8, 4) is 11.8 Å². The second kappa shape index (κ2) is 6.96. The van der Waals surface area contributed by atoms with Gasteiger partial charge in [0.05, 0.1) is 0 Å². The largest absolute Gasteiger partial charge is 0.478 e. The molecule has 0 aromatic heterocycles. The standard InChI is InChI=1S/C18H14O2/c19-18(20)12-5-4-9-16-10-6-11-17(14-16)13-15-7-2-1-3-8-15/h1-3,5-8,10-12,14H,13H2,(H,19,20)/b12-5+. The van der Waals surface area contributed by atoms with Crippen molar-refractivity contribution in [2.45, 2.75) is 6.42 Å². The molecule has 2 aromatic rings. The number of hydrogen-bond acceptors (Lipinski definition) is 1. The first-order valence-electron chi connectivity index (χ1n) is 6.28. The molecule has 2 heteroatoms. The molecule has 0 amide bonds. The molecule has 98 valence electrons. The van der Waals surface area contributed by atoms with E-state index in [0.717, 1.165) is 18.1 Å². The summed E-state index contributed by atoms with van der Waals surface area (Å²) in [6.45, 7) is 0. The minimum Gasteiger partial charge on any atom is -0.478 e. The van der Waals surface area contributed by atoms with Gasteiger partial charge in [-0.2, -0.15) is 0 Å². The van der Waals surface area contributed by atoms with Gasteiger partial charge in [0.2, 0.25) is 0 Å². The number of hydrogen-bond donors (Lipinski definition) is 1. The molecule has 2 rings (SSSR count). The Labute approximate surface area is 118 Å². The highest BCUT2D eigenvalue weighted by Crippen LogP contribution is 2.10. The predicted molar refractivity (Wildman–Crippen MR) is 79.3 cm³/mol. The molecule has 0 aliphatic carbocycles. The minimum atomic E-state index is -0.989. The molecule has 20 heavy (non-hydrogen) atoms. The summed E-state index contributed by atoms with van der Waals surface area (Å²) in [5.41, 5.74) is 3.32. The van der Waals surface area contributed by atoms with Gasteiger partial charge in [0, 0.05) is 11.6 Å². The van der Waals surface area contributed by atoms with Gasteiger partial charge >= 0.3 is 5.97 Å². The molecule has 0 saturated carbocycles. The average molecular weight is 262 g/mol. The van der Waals surface area contributed by atoms with Gasteiger partial charge in [-0.05, 0) is 35.8 Å². The van der Waals surface area contributed by atoms with Crippen molar-refractivity contribution in [2.75, 3.05) is 0 Å². The second-order valence-electron chi connectivity index (χ2n) is 4.30. The van der Waals surface area contributed by atoms with Crippen LogP contribution in [0.1, 0.15) is 16.7 Å². The number of carboxylic acids is 1. The molecular formula is C18H14O2. The Bertz CT molecular complexity index is 673. The van der Waals surface area contributed by atoms with E-state index in [1.165, 1.54) is 17.2 Å². The topological polar surface area (TPSA) is 37.3 Å². The number of aliphatic carboxylic acids is 1. The van der Waals surface area contributed by atoms with E-state index in [9.17, 15) is 4.79 Å². The molecule has 0 bridgehead atoms. The Morgan fingerprint density at radius 2 is 1.80 bits per heavy atom. The monoisotopic (exact) mass is 262 g/mol. The van der Waals surface area contributed by atoms with Crippen LogP contribution in [0, 0.1) is 11.8 Å². The molecule has 0 heterocycles. The van der Waals surface area contributed by atoms with Crippen molar-refractivity contribution in [3.05, 3.63) is 83.4 Å². The maximum absolute atomic E-state index is 10.3. The van der Waals surface area contributed by atoms with Crippen molar-refractivity contribution in [1.29, 1.82) is 0 Å². The quantitative estimate of drug-likeness (QED) is 0.681. The molecule has 0 saturated heterocycles. The van der Waals surface area contributed by atoms with Crippen LogP contribution < -0.4 is 0 Å². The molecule has 0 spiro atoms. The SMILES string of the molecule is O=C(O)/C=C/C#Cc1cccc(Cc2ccccc2)c1. The van der Waals surface area contributed by atoms with Crippen molar-refractivity contribution in [1.82, 2.24) is 0 Å². The van der Waals surface area contributed by atoms with Crippen LogP contribution in [0.4, 0.5) is 0 Å². The Balaban J connectivity index is 2.10. The van der Waals surface area contributed by atoms with Gasteiger partial charge < -0.3 is 5.11 Å². The van der Waals surface area contributed by atoms with E-state index in [-0.39, 0.29) is 0 Å². The van der Waals surface area contributed by atoms with E-state index < -0.39 is 5.97 Å². The van der Waals surface area contributed by atoms with Crippen LogP contribution in [0.5, 0.6) is 0 Å². The third kappa shape index (κ3) is 4.47. The lowest BCUT2D eigenvalue weighted by molar-refractivity contribution is -0.131. The van der Waals surface area contributed by atoms with Crippen LogP contribution in [-0.2, 0) is 11.2 Å². The van der Waals surface area contributed by atoms with Crippen molar-refractivity contribution in [2.24, 2.45) is 0 Å². The van der Waals surface area contributed by atoms with Crippen LogP contribution in [-0.4, -0.2) is 11.1 Å². The predicted octanol–water partition coefficient (Wildman–Crippen LogP) is 3.27. The highest BCUT2D eigenvalue weighted by atomic mass is 16.4. The van der Waals surface area contributed by atoms with E-state index in [4.69, 9.17) is 5.11 Å². The van der Waals surface area contributed by atoms with Gasteiger partial charge in [0.1, 0.15) is 0 Å². The normalized spacial score (nSPS) is 10.0. The molecular weight excluding hydrogens is 248 g/mol. The summed E-state index contributed by atoms with van der Waals surface area (Å²) in [4.78, 5) is 10.3. The number of carboxylic acid groups (broad SMARTS) is 1. The van der Waals surface area contributed by atoms with Gasteiger partial charge in [-0.3, -0.25) is 0 Å². The fraction of sp³-hybridized carbons (Fsp3) is 0.0556. The van der Waals surface area contributed by atoms with Crippen molar-refractivity contribution < 1.29 is 9.90 Å². The third-order valence-corrected chi connectivity index (χ3v) is 2.70. The molecule has 0 fully saturated rings. The summed E-state index contributed by atoms with van der Waals surface area (Å²) >= 11 is 0. The Hall–Kier alpha value is -2.79. The molecule has 0 atom stereocenters.